The molecule has 0 bridgehead atoms. The molecule has 0 fully saturated rings. The molecule has 0 spiro atoms. The van der Waals surface area contributed by atoms with Crippen LogP contribution in [-0.2, 0) is 11.3 Å². The van der Waals surface area contributed by atoms with Crippen LogP contribution in [0.15, 0.2) is 18.2 Å². The SMILES string of the molecule is COCc1cc(NN)c2c(C)cc(C)cc2n1. The number of aryl methyl sites for hydroxylation is 2. The van der Waals surface area contributed by atoms with Gasteiger partial charge in [-0.2, -0.15) is 0 Å². The summed E-state index contributed by atoms with van der Waals surface area (Å²) in [5, 5.41) is 1.07. The van der Waals surface area contributed by atoms with Crippen LogP contribution in [-0.4, -0.2) is 12.1 Å². The third-order valence-electron chi connectivity index (χ3n) is 2.75. The number of nitrogens with zero attached hydrogens (tertiary/aromatic N) is 1. The van der Waals surface area contributed by atoms with Gasteiger partial charge in [0.2, 0.25) is 0 Å². The normalized spacial score (nSPS) is 10.8. The van der Waals surface area contributed by atoms with E-state index in [1.807, 2.05) is 6.07 Å². The fourth-order valence-electron chi connectivity index (χ4n) is 2.15. The van der Waals surface area contributed by atoms with Crippen molar-refractivity contribution in [1.82, 2.24) is 4.98 Å². The molecule has 0 unspecified atom stereocenters. The molecule has 0 amide bonds. The Bertz CT molecular complexity index is 552. The summed E-state index contributed by atoms with van der Waals surface area (Å²) < 4.78 is 5.11. The number of anilines is 1. The maximum Gasteiger partial charge on any atom is 0.0885 e. The van der Waals surface area contributed by atoms with Crippen LogP contribution in [0.1, 0.15) is 16.8 Å². The molecule has 90 valence electrons. The maximum absolute atomic E-state index is 5.57. The molecule has 2 rings (SSSR count). The summed E-state index contributed by atoms with van der Waals surface area (Å²) in [5.41, 5.74) is 7.81. The largest absolute Gasteiger partial charge is 0.378 e. The first-order valence-electron chi connectivity index (χ1n) is 5.52. The van der Waals surface area contributed by atoms with Crippen molar-refractivity contribution >= 4 is 16.6 Å². The summed E-state index contributed by atoms with van der Waals surface area (Å²) in [6.07, 6.45) is 0. The molecule has 17 heavy (non-hydrogen) atoms. The fourth-order valence-corrected chi connectivity index (χ4v) is 2.15. The van der Waals surface area contributed by atoms with Crippen LogP contribution >= 0.6 is 0 Å². The van der Waals surface area contributed by atoms with Crippen molar-refractivity contribution in [2.24, 2.45) is 5.84 Å². The Morgan fingerprint density at radius 3 is 2.71 bits per heavy atom. The van der Waals surface area contributed by atoms with Gasteiger partial charge in [-0.15, -0.1) is 0 Å². The quantitative estimate of drug-likeness (QED) is 0.628. The molecule has 0 aliphatic rings. The van der Waals surface area contributed by atoms with Crippen LogP contribution in [0.4, 0.5) is 5.69 Å². The summed E-state index contributed by atoms with van der Waals surface area (Å²) in [7, 11) is 1.66. The van der Waals surface area contributed by atoms with E-state index in [1.54, 1.807) is 7.11 Å². The second kappa shape index (κ2) is 4.69. The summed E-state index contributed by atoms with van der Waals surface area (Å²) >= 11 is 0. The number of nitrogens with one attached hydrogen (secondary N) is 1. The van der Waals surface area contributed by atoms with Gasteiger partial charge in [-0.1, -0.05) is 6.07 Å². The molecule has 0 atom stereocenters. The highest BCUT2D eigenvalue weighted by molar-refractivity contribution is 5.94. The fraction of sp³-hybridized carbons (Fsp3) is 0.308. The van der Waals surface area contributed by atoms with Crippen molar-refractivity contribution in [3.63, 3.8) is 0 Å². The number of ether oxygens (including phenoxy) is 1. The standard InChI is InChI=1S/C13H17N3O/c1-8-4-9(2)13-11(5-8)15-10(7-17-3)6-12(13)16-14/h4-6H,7,14H2,1-3H3,(H,15,16). The zero-order valence-electron chi connectivity index (χ0n) is 10.4. The van der Waals surface area contributed by atoms with Gasteiger partial charge in [0.25, 0.3) is 0 Å². The number of aromatic nitrogens is 1. The maximum atomic E-state index is 5.57. The number of fused-ring (bicyclic) bond motifs is 1. The number of methoxy groups -OCH3 is 1. The zero-order valence-corrected chi connectivity index (χ0v) is 10.4. The molecule has 0 radical (unpaired) electrons. The monoisotopic (exact) mass is 231 g/mol. The van der Waals surface area contributed by atoms with Crippen molar-refractivity contribution in [2.45, 2.75) is 20.5 Å². The average Bonchev–Trinajstić information content (AvgIpc) is 2.27. The lowest BCUT2D eigenvalue weighted by Gasteiger charge is -2.11. The number of hydrogen-bond acceptors (Lipinski definition) is 4. The van der Waals surface area contributed by atoms with Crippen LogP contribution in [0.5, 0.6) is 0 Å². The van der Waals surface area contributed by atoms with Crippen molar-refractivity contribution < 1.29 is 4.74 Å². The summed E-state index contributed by atoms with van der Waals surface area (Å²) in [4.78, 5) is 4.57. The highest BCUT2D eigenvalue weighted by Crippen LogP contribution is 2.27. The van der Waals surface area contributed by atoms with Gasteiger partial charge < -0.3 is 10.2 Å². The Balaban J connectivity index is 2.73. The second-order valence-electron chi connectivity index (χ2n) is 4.21. The van der Waals surface area contributed by atoms with Crippen molar-refractivity contribution in [2.75, 3.05) is 12.5 Å². The minimum absolute atomic E-state index is 0.484. The lowest BCUT2D eigenvalue weighted by atomic mass is 10.0. The lowest BCUT2D eigenvalue weighted by Crippen LogP contribution is -2.09. The third-order valence-corrected chi connectivity index (χ3v) is 2.75. The van der Waals surface area contributed by atoms with Gasteiger partial charge in [0, 0.05) is 12.5 Å². The second-order valence-corrected chi connectivity index (χ2v) is 4.21. The molecule has 4 heteroatoms. The van der Waals surface area contributed by atoms with E-state index in [9.17, 15) is 0 Å². The predicted octanol–water partition coefficient (Wildman–Crippen LogP) is 2.28. The first-order valence-corrected chi connectivity index (χ1v) is 5.52. The Hall–Kier alpha value is -1.65. The zero-order chi connectivity index (χ0) is 12.4. The molecule has 0 aliphatic heterocycles. The molecule has 1 heterocycles. The van der Waals surface area contributed by atoms with Gasteiger partial charge in [0.05, 0.1) is 23.5 Å². The smallest absolute Gasteiger partial charge is 0.0885 e. The highest BCUT2D eigenvalue weighted by atomic mass is 16.5. The molecule has 0 saturated heterocycles. The number of pyridine rings is 1. The van der Waals surface area contributed by atoms with Crippen molar-refractivity contribution in [1.29, 1.82) is 0 Å². The Kier molecular flexibility index (Phi) is 3.26. The number of nitrogens with two attached hydrogens (primary N) is 1. The number of nitrogen functional groups attached to an aromatic ring is 1. The minimum atomic E-state index is 0.484. The van der Waals surface area contributed by atoms with E-state index in [0.717, 1.165) is 22.3 Å². The number of rotatable bonds is 3. The summed E-state index contributed by atoms with van der Waals surface area (Å²) in [6.45, 7) is 4.61. The van der Waals surface area contributed by atoms with E-state index < -0.39 is 0 Å². The summed E-state index contributed by atoms with van der Waals surface area (Å²) in [6, 6.07) is 6.11. The highest BCUT2D eigenvalue weighted by Gasteiger charge is 2.08. The number of hydrazine groups is 1. The first kappa shape index (κ1) is 11.8. The van der Waals surface area contributed by atoms with E-state index in [4.69, 9.17) is 10.6 Å². The van der Waals surface area contributed by atoms with Gasteiger partial charge in [0.15, 0.2) is 0 Å². The molecule has 4 nitrogen and oxygen atoms in total. The van der Waals surface area contributed by atoms with Gasteiger partial charge in [-0.25, -0.2) is 0 Å². The Morgan fingerprint density at radius 1 is 1.29 bits per heavy atom. The topological polar surface area (TPSA) is 60.2 Å². The molecule has 3 N–H and O–H groups in total. The van der Waals surface area contributed by atoms with Crippen LogP contribution in [0, 0.1) is 13.8 Å². The number of hydrogen-bond donors (Lipinski definition) is 2. The lowest BCUT2D eigenvalue weighted by molar-refractivity contribution is 0.182. The van der Waals surface area contributed by atoms with E-state index in [1.165, 1.54) is 11.1 Å². The van der Waals surface area contributed by atoms with Gasteiger partial charge >= 0.3 is 0 Å². The molecule has 1 aromatic carbocycles. The Morgan fingerprint density at radius 2 is 2.06 bits per heavy atom. The first-order chi connectivity index (χ1) is 8.15. The van der Waals surface area contributed by atoms with Crippen LogP contribution < -0.4 is 11.3 Å². The van der Waals surface area contributed by atoms with E-state index in [0.29, 0.717) is 6.61 Å². The van der Waals surface area contributed by atoms with Gasteiger partial charge in [-0.3, -0.25) is 10.8 Å². The van der Waals surface area contributed by atoms with Crippen LogP contribution in [0.2, 0.25) is 0 Å². The van der Waals surface area contributed by atoms with Crippen LogP contribution in [0.3, 0.4) is 0 Å². The molecule has 0 aliphatic carbocycles. The molecular weight excluding hydrogens is 214 g/mol. The Labute approximate surface area is 101 Å². The van der Waals surface area contributed by atoms with E-state index in [2.05, 4.69) is 36.4 Å². The minimum Gasteiger partial charge on any atom is -0.378 e. The van der Waals surface area contributed by atoms with E-state index in [-0.39, 0.29) is 0 Å². The summed E-state index contributed by atoms with van der Waals surface area (Å²) in [5.74, 6) is 5.57. The third kappa shape index (κ3) is 2.23. The molecule has 1 aromatic heterocycles. The number of benzene rings is 1. The average molecular weight is 231 g/mol. The van der Waals surface area contributed by atoms with Crippen LogP contribution in [0.25, 0.3) is 10.9 Å². The van der Waals surface area contributed by atoms with Crippen molar-refractivity contribution in [3.8, 4) is 0 Å². The molecule has 2 aromatic rings. The van der Waals surface area contributed by atoms with E-state index >= 15 is 0 Å². The predicted molar refractivity (Wildman–Crippen MR) is 69.7 cm³/mol. The van der Waals surface area contributed by atoms with Crippen molar-refractivity contribution in [3.05, 3.63) is 35.0 Å². The molecule has 0 saturated carbocycles. The van der Waals surface area contributed by atoms with Gasteiger partial charge in [0.1, 0.15) is 0 Å². The molecular formula is C13H17N3O. The van der Waals surface area contributed by atoms with Gasteiger partial charge in [-0.05, 0) is 37.1 Å².